The Kier molecular flexibility index (Phi) is 8.86. The highest BCUT2D eigenvalue weighted by molar-refractivity contribution is 7.16. The molecule has 4 aromatic rings. The molecule has 10 heteroatoms. The number of methoxy groups -OCH3 is 1. The molecule has 1 aromatic carbocycles. The van der Waals surface area contributed by atoms with Gasteiger partial charge in [0.05, 0.1) is 12.3 Å². The molecule has 37 heavy (non-hydrogen) atoms. The fourth-order valence-electron chi connectivity index (χ4n) is 3.70. The summed E-state index contributed by atoms with van der Waals surface area (Å²) >= 11 is 2.92. The molecule has 2 N–H and O–H groups in total. The number of thiazole rings is 1. The third kappa shape index (κ3) is 6.71. The zero-order valence-electron chi connectivity index (χ0n) is 20.8. The number of rotatable bonds is 12. The monoisotopic (exact) mass is 541 g/mol. The van der Waals surface area contributed by atoms with E-state index in [1.165, 1.54) is 28.7 Å². The lowest BCUT2D eigenvalue weighted by atomic mass is 10.0. The van der Waals surface area contributed by atoms with Crippen LogP contribution in [0.2, 0.25) is 0 Å². The van der Waals surface area contributed by atoms with Gasteiger partial charge < -0.3 is 19.9 Å². The van der Waals surface area contributed by atoms with Crippen molar-refractivity contribution < 1.29 is 23.8 Å². The molecule has 0 spiro atoms. The van der Waals surface area contributed by atoms with Gasteiger partial charge in [-0.05, 0) is 48.1 Å². The smallest absolute Gasteiger partial charge is 0.339 e. The molecular formula is C27H28FN3O4S2. The van der Waals surface area contributed by atoms with Crippen molar-refractivity contribution in [3.63, 3.8) is 0 Å². The molecule has 3 heterocycles. The van der Waals surface area contributed by atoms with Gasteiger partial charge in [-0.25, -0.2) is 19.2 Å². The number of aromatic carboxylic acids is 1. The molecule has 0 saturated carbocycles. The normalized spacial score (nSPS) is 11.2. The van der Waals surface area contributed by atoms with Crippen LogP contribution in [0.3, 0.4) is 0 Å². The van der Waals surface area contributed by atoms with E-state index in [9.17, 15) is 14.3 Å². The maximum absolute atomic E-state index is 14.8. The summed E-state index contributed by atoms with van der Waals surface area (Å²) in [5.41, 5.74) is 2.06. The Hall–Kier alpha value is -3.34. The van der Waals surface area contributed by atoms with Crippen LogP contribution in [-0.2, 0) is 11.2 Å². The molecular weight excluding hydrogens is 513 g/mol. The van der Waals surface area contributed by atoms with Crippen LogP contribution in [0, 0.1) is 11.7 Å². The van der Waals surface area contributed by atoms with Gasteiger partial charge in [0.25, 0.3) is 0 Å². The minimum absolute atomic E-state index is 0.0501. The molecule has 0 saturated heterocycles. The van der Waals surface area contributed by atoms with Crippen molar-refractivity contribution in [3.05, 3.63) is 64.2 Å². The first kappa shape index (κ1) is 26.7. The maximum Gasteiger partial charge on any atom is 0.339 e. The van der Waals surface area contributed by atoms with Crippen molar-refractivity contribution in [1.82, 2.24) is 9.97 Å². The Morgan fingerprint density at radius 1 is 1.19 bits per heavy atom. The lowest BCUT2D eigenvalue weighted by Gasteiger charge is -2.09. The molecule has 0 aliphatic carbocycles. The highest BCUT2D eigenvalue weighted by Gasteiger charge is 2.19. The van der Waals surface area contributed by atoms with E-state index in [1.807, 2.05) is 17.5 Å². The number of hydrogen-bond acceptors (Lipinski definition) is 8. The van der Waals surface area contributed by atoms with Gasteiger partial charge >= 0.3 is 5.97 Å². The summed E-state index contributed by atoms with van der Waals surface area (Å²) in [6, 6.07) is 10.2. The Bertz CT molecular complexity index is 1360. The number of anilines is 2. The van der Waals surface area contributed by atoms with E-state index in [4.69, 9.17) is 14.5 Å². The van der Waals surface area contributed by atoms with Crippen LogP contribution in [0.25, 0.3) is 21.7 Å². The highest BCUT2D eigenvalue weighted by Crippen LogP contribution is 2.36. The number of aromatic nitrogens is 2. The first-order valence-electron chi connectivity index (χ1n) is 11.8. The fraction of sp³-hybridized carbons (Fsp3) is 0.296. The van der Waals surface area contributed by atoms with E-state index in [0.717, 1.165) is 21.7 Å². The van der Waals surface area contributed by atoms with Crippen LogP contribution in [0.15, 0.2) is 48.0 Å². The van der Waals surface area contributed by atoms with Gasteiger partial charge in [0.1, 0.15) is 11.4 Å². The minimum atomic E-state index is -1.09. The van der Waals surface area contributed by atoms with Gasteiger partial charge in [0.2, 0.25) is 0 Å². The van der Waals surface area contributed by atoms with Crippen molar-refractivity contribution in [2.75, 3.05) is 25.6 Å². The highest BCUT2D eigenvalue weighted by atomic mass is 32.1. The number of carboxylic acids is 1. The van der Waals surface area contributed by atoms with Crippen molar-refractivity contribution in [2.24, 2.45) is 5.92 Å². The number of benzene rings is 1. The van der Waals surface area contributed by atoms with E-state index in [0.29, 0.717) is 41.9 Å². The van der Waals surface area contributed by atoms with E-state index in [1.54, 1.807) is 31.5 Å². The minimum Gasteiger partial charge on any atom is -0.490 e. The van der Waals surface area contributed by atoms with Gasteiger partial charge in [-0.3, -0.25) is 0 Å². The van der Waals surface area contributed by atoms with E-state index in [-0.39, 0.29) is 17.1 Å². The average Bonchev–Trinajstić information content (AvgIpc) is 3.53. The molecule has 0 unspecified atom stereocenters. The molecule has 0 bridgehead atoms. The molecule has 0 aliphatic heterocycles. The molecule has 7 nitrogen and oxygen atoms in total. The number of hydrogen-bond donors (Lipinski definition) is 2. The lowest BCUT2D eigenvalue weighted by Crippen LogP contribution is -2.05. The zero-order chi connectivity index (χ0) is 26.4. The van der Waals surface area contributed by atoms with E-state index < -0.39 is 11.8 Å². The average molecular weight is 542 g/mol. The van der Waals surface area contributed by atoms with Crippen LogP contribution in [0.5, 0.6) is 5.75 Å². The molecule has 4 rings (SSSR count). The standard InChI is InChI=1S/C27H28FN3O4S2/c1-16(2)12-23-24(17-7-8-21(20(28)14-17)35-10-5-9-34-3)30-27(37-23)31-25-19(26(32)33)13-18(15-29-25)22-6-4-11-36-22/h4,6-8,11,13-16H,5,9-10,12H2,1-3H3,(H,32,33)(H,29,30,31). The van der Waals surface area contributed by atoms with Gasteiger partial charge in [-0.2, -0.15) is 0 Å². The molecule has 3 aromatic heterocycles. The summed E-state index contributed by atoms with van der Waals surface area (Å²) in [6.07, 6.45) is 3.05. The van der Waals surface area contributed by atoms with Gasteiger partial charge in [0, 0.05) is 47.2 Å². The molecule has 0 fully saturated rings. The first-order valence-corrected chi connectivity index (χ1v) is 13.5. The summed E-state index contributed by atoms with van der Waals surface area (Å²) in [6.45, 7) is 5.10. The summed E-state index contributed by atoms with van der Waals surface area (Å²) in [5.74, 6) is -0.823. The van der Waals surface area contributed by atoms with E-state index >= 15 is 0 Å². The maximum atomic E-state index is 14.8. The van der Waals surface area contributed by atoms with Crippen LogP contribution >= 0.6 is 22.7 Å². The second-order valence-corrected chi connectivity index (χ2v) is 10.8. The molecule has 194 valence electrons. The fourth-order valence-corrected chi connectivity index (χ4v) is 5.60. The Morgan fingerprint density at radius 3 is 2.70 bits per heavy atom. The molecule has 0 radical (unpaired) electrons. The van der Waals surface area contributed by atoms with Crippen LogP contribution in [-0.4, -0.2) is 41.4 Å². The third-order valence-electron chi connectivity index (χ3n) is 5.40. The predicted molar refractivity (Wildman–Crippen MR) is 146 cm³/mol. The Morgan fingerprint density at radius 2 is 2.03 bits per heavy atom. The predicted octanol–water partition coefficient (Wildman–Crippen LogP) is 7.13. The van der Waals surface area contributed by atoms with Gasteiger partial charge in [-0.15, -0.1) is 22.7 Å². The van der Waals surface area contributed by atoms with Crippen LogP contribution < -0.4 is 10.1 Å². The zero-order valence-corrected chi connectivity index (χ0v) is 22.4. The summed E-state index contributed by atoms with van der Waals surface area (Å²) in [5, 5.41) is 15.3. The van der Waals surface area contributed by atoms with Crippen LogP contribution in [0.1, 0.15) is 35.5 Å². The number of carbonyl (C=O) groups is 1. The number of carboxylic acid groups (broad SMARTS) is 1. The number of ether oxygens (including phenoxy) is 2. The van der Waals surface area contributed by atoms with Crippen molar-refractivity contribution in [2.45, 2.75) is 26.7 Å². The second-order valence-electron chi connectivity index (χ2n) is 8.76. The van der Waals surface area contributed by atoms with Crippen molar-refractivity contribution >= 4 is 39.6 Å². The van der Waals surface area contributed by atoms with Crippen molar-refractivity contribution in [3.8, 4) is 27.4 Å². The summed E-state index contributed by atoms with van der Waals surface area (Å²) in [7, 11) is 1.61. The van der Waals surface area contributed by atoms with E-state index in [2.05, 4.69) is 24.1 Å². The molecule has 0 amide bonds. The Balaban J connectivity index is 1.62. The largest absolute Gasteiger partial charge is 0.490 e. The summed E-state index contributed by atoms with van der Waals surface area (Å²) in [4.78, 5) is 23.0. The topological polar surface area (TPSA) is 93.6 Å². The third-order valence-corrected chi connectivity index (χ3v) is 7.31. The molecule has 0 atom stereocenters. The first-order chi connectivity index (χ1) is 17.9. The number of halogens is 1. The lowest BCUT2D eigenvalue weighted by molar-refractivity contribution is 0.0697. The Labute approximate surface area is 223 Å². The molecule has 0 aliphatic rings. The quantitative estimate of drug-likeness (QED) is 0.184. The van der Waals surface area contributed by atoms with Crippen LogP contribution in [0.4, 0.5) is 15.3 Å². The second kappa shape index (κ2) is 12.3. The number of thiophene rings is 1. The SMILES string of the molecule is COCCCOc1ccc(-c2nc(Nc3ncc(-c4cccs4)cc3C(=O)O)sc2CC(C)C)cc1F. The summed E-state index contributed by atoms with van der Waals surface area (Å²) < 4.78 is 25.3. The number of nitrogens with one attached hydrogen (secondary N) is 1. The van der Waals surface area contributed by atoms with Gasteiger partial charge in [0.15, 0.2) is 16.7 Å². The van der Waals surface area contributed by atoms with Gasteiger partial charge in [-0.1, -0.05) is 19.9 Å². The van der Waals surface area contributed by atoms with Crippen molar-refractivity contribution in [1.29, 1.82) is 0 Å². The number of nitrogens with zero attached hydrogens (tertiary/aromatic N) is 2. The number of pyridine rings is 1.